The van der Waals surface area contributed by atoms with Crippen LogP contribution in [0.15, 0.2) is 41.3 Å². The van der Waals surface area contributed by atoms with Crippen LogP contribution in [0.25, 0.3) is 0 Å². The molecule has 0 radical (unpaired) electrons. The van der Waals surface area contributed by atoms with E-state index in [1.165, 1.54) is 43.4 Å². The van der Waals surface area contributed by atoms with Crippen molar-refractivity contribution in [1.82, 2.24) is 0 Å². The van der Waals surface area contributed by atoms with E-state index < -0.39 is 8.07 Å². The minimum Gasteiger partial charge on any atom is -0.492 e. The van der Waals surface area contributed by atoms with E-state index in [2.05, 4.69) is 93.4 Å². The zero-order valence-corrected chi connectivity index (χ0v) is 25.1. The molecule has 0 amide bonds. The van der Waals surface area contributed by atoms with E-state index >= 15 is 0 Å². The molecule has 0 spiro atoms. The number of ether oxygens (including phenoxy) is 2. The number of benzene rings is 2. The van der Waals surface area contributed by atoms with Gasteiger partial charge < -0.3 is 9.47 Å². The van der Waals surface area contributed by atoms with E-state index in [0.717, 1.165) is 41.0 Å². The predicted molar refractivity (Wildman–Crippen MR) is 160 cm³/mol. The molecule has 2 nitrogen and oxygen atoms in total. The molecule has 0 bridgehead atoms. The summed E-state index contributed by atoms with van der Waals surface area (Å²) < 4.78 is 12.5. The first-order valence-corrected chi connectivity index (χ1v) is 18.2. The average molecular weight is 521 g/mol. The van der Waals surface area contributed by atoms with Gasteiger partial charge in [0.25, 0.3) is 0 Å². The molecule has 2 aromatic carbocycles. The highest BCUT2D eigenvalue weighted by Crippen LogP contribution is 2.29. The van der Waals surface area contributed by atoms with Crippen molar-refractivity contribution in [2.75, 3.05) is 19.5 Å². The summed E-state index contributed by atoms with van der Waals surface area (Å²) in [4.78, 5) is 1.24. The Bertz CT molecular complexity index is 1050. The monoisotopic (exact) mass is 520 g/mol. The maximum absolute atomic E-state index is 6.28. The van der Waals surface area contributed by atoms with Crippen molar-refractivity contribution < 1.29 is 9.47 Å². The highest BCUT2D eigenvalue weighted by molar-refractivity contribution is 7.98. The smallest absolute Gasteiger partial charge is 0.136 e. The van der Waals surface area contributed by atoms with Gasteiger partial charge in [0.2, 0.25) is 0 Å². The Morgan fingerprint density at radius 2 is 1.22 bits per heavy atom. The summed E-state index contributed by atoms with van der Waals surface area (Å²) in [6.07, 6.45) is 11.4. The van der Waals surface area contributed by atoms with Crippen molar-refractivity contribution in [2.24, 2.45) is 0 Å². The number of rotatable bonds is 13. The van der Waals surface area contributed by atoms with Crippen molar-refractivity contribution in [3.63, 3.8) is 0 Å². The molecule has 0 heterocycles. The number of hydrogen-bond donors (Lipinski definition) is 0. The lowest BCUT2D eigenvalue weighted by molar-refractivity contribution is 0.295. The van der Waals surface area contributed by atoms with Gasteiger partial charge in [0.15, 0.2) is 0 Å². The normalized spacial score (nSPS) is 10.7. The summed E-state index contributed by atoms with van der Waals surface area (Å²) in [6.45, 7) is 12.6. The van der Waals surface area contributed by atoms with Crippen LogP contribution >= 0.6 is 11.8 Å². The Morgan fingerprint density at radius 3 is 1.69 bits per heavy atom. The fourth-order valence-corrected chi connectivity index (χ4v) is 4.40. The van der Waals surface area contributed by atoms with Gasteiger partial charge in [-0.3, -0.25) is 0 Å². The van der Waals surface area contributed by atoms with Crippen LogP contribution in [-0.4, -0.2) is 27.5 Å². The van der Waals surface area contributed by atoms with Crippen LogP contribution in [0.1, 0.15) is 81.9 Å². The van der Waals surface area contributed by atoms with E-state index in [4.69, 9.17) is 9.47 Å². The quantitative estimate of drug-likeness (QED) is 0.114. The average Bonchev–Trinajstić information content (AvgIpc) is 2.86. The minimum absolute atomic E-state index is 0.690. The molecule has 0 aliphatic carbocycles. The van der Waals surface area contributed by atoms with Crippen LogP contribution < -0.4 is 9.47 Å². The van der Waals surface area contributed by atoms with Gasteiger partial charge >= 0.3 is 0 Å². The Morgan fingerprint density at radius 1 is 0.694 bits per heavy atom. The molecule has 0 saturated heterocycles. The van der Waals surface area contributed by atoms with Crippen LogP contribution in [0.2, 0.25) is 19.6 Å². The third-order valence-electron chi connectivity index (χ3n) is 5.60. The van der Waals surface area contributed by atoms with Gasteiger partial charge in [-0.2, -0.15) is 0 Å². The molecule has 0 aromatic heterocycles. The standard InChI is InChI=1S/C32H44O2SSi/c1-7-9-11-13-22-33-31-26-29(21-24-36(4,5)6)32(34-23-14-12-10-8-2)25-28(31)18-15-27-16-19-30(35-3)20-17-27/h16-17,19-20,25-26H,7-14,22-23H2,1-6H3. The Hall–Kier alpha value is -2.27. The molecule has 4 heteroatoms. The van der Waals surface area contributed by atoms with Crippen molar-refractivity contribution in [1.29, 1.82) is 0 Å². The van der Waals surface area contributed by atoms with Crippen LogP contribution in [-0.2, 0) is 0 Å². The first-order valence-electron chi connectivity index (χ1n) is 13.5. The van der Waals surface area contributed by atoms with E-state index in [1.54, 1.807) is 11.8 Å². The number of unbranched alkanes of at least 4 members (excludes halogenated alkanes) is 6. The second-order valence-electron chi connectivity index (χ2n) is 10.1. The third kappa shape index (κ3) is 11.6. The van der Waals surface area contributed by atoms with Crippen LogP contribution in [0.5, 0.6) is 11.5 Å². The van der Waals surface area contributed by atoms with Gasteiger partial charge in [0, 0.05) is 22.6 Å². The zero-order chi connectivity index (χ0) is 26.2. The molecule has 0 aliphatic rings. The zero-order valence-electron chi connectivity index (χ0n) is 23.3. The molecular weight excluding hydrogens is 477 g/mol. The topological polar surface area (TPSA) is 18.5 Å². The fraction of sp³-hybridized carbons (Fsp3) is 0.500. The Labute approximate surface area is 226 Å². The van der Waals surface area contributed by atoms with Gasteiger partial charge in [-0.1, -0.05) is 89.8 Å². The lowest BCUT2D eigenvalue weighted by Gasteiger charge is -2.14. The number of thioether (sulfide) groups is 1. The minimum atomic E-state index is -1.54. The van der Waals surface area contributed by atoms with Gasteiger partial charge in [0.1, 0.15) is 19.6 Å². The molecule has 0 N–H and O–H groups in total. The van der Waals surface area contributed by atoms with E-state index in [-0.39, 0.29) is 0 Å². The van der Waals surface area contributed by atoms with Crippen molar-refractivity contribution in [3.05, 3.63) is 53.1 Å². The first-order chi connectivity index (χ1) is 17.4. The van der Waals surface area contributed by atoms with Gasteiger partial charge in [-0.15, -0.1) is 17.3 Å². The van der Waals surface area contributed by atoms with E-state index in [0.29, 0.717) is 13.2 Å². The molecule has 2 aromatic rings. The SMILES string of the molecule is CCCCCCOc1cc(C#C[Si](C)(C)C)c(OCCCCCC)cc1C#Cc1ccc(SC)cc1. The van der Waals surface area contributed by atoms with Crippen LogP contribution in [0, 0.1) is 23.3 Å². The van der Waals surface area contributed by atoms with E-state index in [1.807, 2.05) is 6.07 Å². The molecule has 0 atom stereocenters. The Balaban J connectivity index is 2.40. The fourth-order valence-electron chi connectivity index (χ4n) is 3.48. The molecule has 2 rings (SSSR count). The first kappa shape index (κ1) is 30.0. The second-order valence-corrected chi connectivity index (χ2v) is 15.8. The van der Waals surface area contributed by atoms with Crippen LogP contribution in [0.4, 0.5) is 0 Å². The third-order valence-corrected chi connectivity index (χ3v) is 7.21. The highest BCUT2D eigenvalue weighted by atomic mass is 32.2. The molecule has 0 saturated carbocycles. The van der Waals surface area contributed by atoms with Crippen molar-refractivity contribution in [3.8, 4) is 34.8 Å². The predicted octanol–water partition coefficient (Wildman–Crippen LogP) is 8.96. The summed E-state index contributed by atoms with van der Waals surface area (Å²) in [5.41, 5.74) is 6.27. The van der Waals surface area contributed by atoms with Crippen LogP contribution in [0.3, 0.4) is 0 Å². The molecule has 36 heavy (non-hydrogen) atoms. The summed E-state index contributed by atoms with van der Waals surface area (Å²) >= 11 is 1.74. The maximum Gasteiger partial charge on any atom is 0.136 e. The molecular formula is C32H44O2SSi. The summed E-state index contributed by atoms with van der Waals surface area (Å²) in [6, 6.07) is 12.5. The molecule has 0 unspecified atom stereocenters. The largest absolute Gasteiger partial charge is 0.492 e. The molecule has 194 valence electrons. The van der Waals surface area contributed by atoms with Crippen molar-refractivity contribution in [2.45, 2.75) is 89.8 Å². The molecule has 0 aliphatic heterocycles. The molecule has 0 fully saturated rings. The van der Waals surface area contributed by atoms with Gasteiger partial charge in [-0.25, -0.2) is 0 Å². The summed E-state index contributed by atoms with van der Waals surface area (Å²) in [5, 5.41) is 0. The summed E-state index contributed by atoms with van der Waals surface area (Å²) in [7, 11) is -1.54. The second kappa shape index (κ2) is 16.5. The van der Waals surface area contributed by atoms with Gasteiger partial charge in [-0.05, 0) is 43.4 Å². The lowest BCUT2D eigenvalue weighted by Crippen LogP contribution is -2.16. The van der Waals surface area contributed by atoms with Gasteiger partial charge in [0.05, 0.1) is 24.3 Å². The maximum atomic E-state index is 6.28. The highest BCUT2D eigenvalue weighted by Gasteiger charge is 2.13. The van der Waals surface area contributed by atoms with Crippen molar-refractivity contribution >= 4 is 19.8 Å². The lowest BCUT2D eigenvalue weighted by atomic mass is 10.1. The van der Waals surface area contributed by atoms with E-state index in [9.17, 15) is 0 Å². The number of hydrogen-bond acceptors (Lipinski definition) is 3. The summed E-state index contributed by atoms with van der Waals surface area (Å²) in [5.74, 6) is 11.7. The Kier molecular flexibility index (Phi) is 13.7.